The van der Waals surface area contributed by atoms with Crippen LogP contribution in [0.1, 0.15) is 0 Å². The molecule has 0 saturated heterocycles. The summed E-state index contributed by atoms with van der Waals surface area (Å²) in [5, 5.41) is 7.59. The molecule has 0 fully saturated rings. The van der Waals surface area contributed by atoms with E-state index in [9.17, 15) is 4.79 Å². The van der Waals surface area contributed by atoms with Gasteiger partial charge in [0.15, 0.2) is 5.65 Å². The first-order valence-electron chi connectivity index (χ1n) is 6.25. The summed E-state index contributed by atoms with van der Waals surface area (Å²) in [5.41, 5.74) is 2.55. The van der Waals surface area contributed by atoms with Gasteiger partial charge in [0, 0.05) is 11.8 Å². The molecule has 0 aliphatic carbocycles. The maximum atomic E-state index is 12.6. The number of hydrogen-bond donors (Lipinski definition) is 1. The molecule has 0 bridgehead atoms. The van der Waals surface area contributed by atoms with E-state index in [4.69, 9.17) is 0 Å². The minimum absolute atomic E-state index is 0.113. The van der Waals surface area contributed by atoms with Gasteiger partial charge in [0.25, 0.3) is 5.56 Å². The number of aromatic nitrogens is 4. The van der Waals surface area contributed by atoms with Crippen molar-refractivity contribution in [1.29, 1.82) is 0 Å². The molecule has 4 aromatic rings. The topological polar surface area (TPSA) is 63.0 Å². The van der Waals surface area contributed by atoms with Crippen molar-refractivity contribution in [2.24, 2.45) is 0 Å². The van der Waals surface area contributed by atoms with Crippen LogP contribution in [0.3, 0.4) is 0 Å². The van der Waals surface area contributed by atoms with Crippen LogP contribution in [0.2, 0.25) is 0 Å². The van der Waals surface area contributed by atoms with Gasteiger partial charge in [-0.2, -0.15) is 5.10 Å². The summed E-state index contributed by atoms with van der Waals surface area (Å²) in [6.45, 7) is 0. The number of pyridine rings is 1. The predicted molar refractivity (Wildman–Crippen MR) is 76.5 cm³/mol. The molecule has 5 heteroatoms. The number of H-pyrrole nitrogens is 1. The van der Waals surface area contributed by atoms with E-state index in [1.54, 1.807) is 12.3 Å². The lowest BCUT2D eigenvalue weighted by Crippen LogP contribution is -2.14. The highest BCUT2D eigenvalue weighted by atomic mass is 16.1. The maximum absolute atomic E-state index is 12.6. The molecule has 3 heterocycles. The van der Waals surface area contributed by atoms with E-state index in [0.29, 0.717) is 22.4 Å². The minimum atomic E-state index is -0.113. The molecule has 0 radical (unpaired) electrons. The number of aromatic amines is 1. The fourth-order valence-corrected chi connectivity index (χ4v) is 2.36. The lowest BCUT2D eigenvalue weighted by atomic mass is 10.1. The van der Waals surface area contributed by atoms with E-state index in [0.717, 1.165) is 5.56 Å². The molecule has 1 aromatic carbocycles. The van der Waals surface area contributed by atoms with Crippen LogP contribution in [-0.2, 0) is 0 Å². The van der Waals surface area contributed by atoms with Crippen molar-refractivity contribution in [2.75, 3.05) is 0 Å². The van der Waals surface area contributed by atoms with Crippen molar-refractivity contribution in [3.8, 4) is 11.3 Å². The smallest absolute Gasteiger partial charge is 0.269 e. The van der Waals surface area contributed by atoms with Gasteiger partial charge in [-0.15, -0.1) is 0 Å². The number of hydrogen-bond acceptors (Lipinski definition) is 3. The Kier molecular flexibility index (Phi) is 2.20. The molecule has 0 spiro atoms. The molecule has 96 valence electrons. The molecule has 1 N–H and O–H groups in total. The summed E-state index contributed by atoms with van der Waals surface area (Å²) in [4.78, 5) is 17.0. The van der Waals surface area contributed by atoms with Gasteiger partial charge in [-0.25, -0.2) is 4.98 Å². The Hall–Kier alpha value is -2.95. The van der Waals surface area contributed by atoms with Crippen molar-refractivity contribution < 1.29 is 0 Å². The van der Waals surface area contributed by atoms with E-state index in [2.05, 4.69) is 15.2 Å². The zero-order valence-corrected chi connectivity index (χ0v) is 10.4. The van der Waals surface area contributed by atoms with Crippen molar-refractivity contribution in [3.05, 3.63) is 65.1 Å². The Labute approximate surface area is 113 Å². The van der Waals surface area contributed by atoms with E-state index >= 15 is 0 Å². The van der Waals surface area contributed by atoms with Crippen LogP contribution in [0.15, 0.2) is 59.5 Å². The molecule has 5 nitrogen and oxygen atoms in total. The molecule has 0 atom stereocenters. The van der Waals surface area contributed by atoms with Gasteiger partial charge in [-0.05, 0) is 12.1 Å². The summed E-state index contributed by atoms with van der Waals surface area (Å²) < 4.78 is 1.53. The van der Waals surface area contributed by atoms with E-state index in [1.807, 2.05) is 42.5 Å². The quantitative estimate of drug-likeness (QED) is 0.572. The minimum Gasteiger partial charge on any atom is -0.275 e. The number of nitrogens with one attached hydrogen (secondary N) is 1. The van der Waals surface area contributed by atoms with Gasteiger partial charge in [0.1, 0.15) is 11.0 Å². The van der Waals surface area contributed by atoms with Gasteiger partial charge in [-0.1, -0.05) is 36.4 Å². The van der Waals surface area contributed by atoms with Crippen molar-refractivity contribution in [2.45, 2.75) is 0 Å². The van der Waals surface area contributed by atoms with E-state index < -0.39 is 0 Å². The Morgan fingerprint density at radius 2 is 1.80 bits per heavy atom. The summed E-state index contributed by atoms with van der Waals surface area (Å²) >= 11 is 0. The molecule has 0 saturated carbocycles. The molecular formula is C15H10N4O. The highest BCUT2D eigenvalue weighted by molar-refractivity contribution is 5.90. The molecule has 0 aliphatic rings. The second kappa shape index (κ2) is 4.03. The van der Waals surface area contributed by atoms with Crippen molar-refractivity contribution >= 4 is 16.7 Å². The first kappa shape index (κ1) is 10.9. The number of benzene rings is 1. The lowest BCUT2D eigenvalue weighted by molar-refractivity contribution is 1.06. The van der Waals surface area contributed by atoms with Crippen LogP contribution in [0, 0.1) is 0 Å². The normalized spacial score (nSPS) is 11.2. The third-order valence-corrected chi connectivity index (χ3v) is 3.30. The van der Waals surface area contributed by atoms with Gasteiger partial charge >= 0.3 is 0 Å². The van der Waals surface area contributed by atoms with Crippen LogP contribution >= 0.6 is 0 Å². The van der Waals surface area contributed by atoms with Gasteiger partial charge in [-0.3, -0.25) is 14.3 Å². The lowest BCUT2D eigenvalue weighted by Gasteiger charge is -2.00. The predicted octanol–water partition coefficient (Wildman–Crippen LogP) is 2.24. The monoisotopic (exact) mass is 262 g/mol. The largest absolute Gasteiger partial charge is 0.275 e. The average Bonchev–Trinajstić information content (AvgIpc) is 2.92. The molecule has 0 aliphatic heterocycles. The van der Waals surface area contributed by atoms with Crippen molar-refractivity contribution in [1.82, 2.24) is 19.6 Å². The Bertz CT molecular complexity index is 969. The summed E-state index contributed by atoms with van der Waals surface area (Å²) in [6.07, 6.45) is 1.71. The fourth-order valence-electron chi connectivity index (χ4n) is 2.36. The number of nitrogens with zero attached hydrogens (tertiary/aromatic N) is 3. The van der Waals surface area contributed by atoms with E-state index in [1.165, 1.54) is 4.40 Å². The Balaban J connectivity index is 2.16. The Morgan fingerprint density at radius 3 is 2.65 bits per heavy atom. The van der Waals surface area contributed by atoms with Crippen molar-refractivity contribution in [3.63, 3.8) is 0 Å². The number of rotatable bonds is 1. The third-order valence-electron chi connectivity index (χ3n) is 3.30. The maximum Gasteiger partial charge on any atom is 0.269 e. The summed E-state index contributed by atoms with van der Waals surface area (Å²) in [7, 11) is 0. The van der Waals surface area contributed by atoms with Crippen LogP contribution in [0.25, 0.3) is 27.9 Å². The fraction of sp³-hybridized carbons (Fsp3) is 0. The zero-order valence-electron chi connectivity index (χ0n) is 10.4. The summed E-state index contributed by atoms with van der Waals surface area (Å²) in [6, 6.07) is 15.1. The standard InChI is InChI=1S/C15H10N4O/c20-15-12-13(10-6-2-1-3-7-10)17-18-14(12)16-11-8-4-5-9-19(11)15/h1-9H,(H,17,18). The second-order valence-corrected chi connectivity index (χ2v) is 4.51. The van der Waals surface area contributed by atoms with Gasteiger partial charge in [0.2, 0.25) is 0 Å². The first-order chi connectivity index (χ1) is 9.84. The highest BCUT2D eigenvalue weighted by Crippen LogP contribution is 2.22. The van der Waals surface area contributed by atoms with Gasteiger partial charge < -0.3 is 0 Å². The molecule has 20 heavy (non-hydrogen) atoms. The SMILES string of the molecule is O=c1c2c(-c3ccccc3)[nH]nc2nc2ccccn12. The molecule has 0 unspecified atom stereocenters. The second-order valence-electron chi connectivity index (χ2n) is 4.51. The van der Waals surface area contributed by atoms with Crippen LogP contribution in [0.4, 0.5) is 0 Å². The highest BCUT2D eigenvalue weighted by Gasteiger charge is 2.14. The van der Waals surface area contributed by atoms with Crippen LogP contribution in [-0.4, -0.2) is 19.6 Å². The van der Waals surface area contributed by atoms with Crippen LogP contribution < -0.4 is 5.56 Å². The molecule has 4 rings (SSSR count). The van der Waals surface area contributed by atoms with Crippen LogP contribution in [0.5, 0.6) is 0 Å². The average molecular weight is 262 g/mol. The third kappa shape index (κ3) is 1.46. The van der Waals surface area contributed by atoms with E-state index in [-0.39, 0.29) is 5.56 Å². The zero-order chi connectivity index (χ0) is 13.5. The summed E-state index contributed by atoms with van der Waals surface area (Å²) in [5.74, 6) is 0. The number of fused-ring (bicyclic) bond motifs is 2. The molecule has 0 amide bonds. The molecular weight excluding hydrogens is 252 g/mol. The molecule has 3 aromatic heterocycles. The first-order valence-corrected chi connectivity index (χ1v) is 6.25. The van der Waals surface area contributed by atoms with Gasteiger partial charge in [0.05, 0.1) is 5.69 Å². The Morgan fingerprint density at radius 1 is 1.00 bits per heavy atom.